The Morgan fingerprint density at radius 1 is 1.10 bits per heavy atom. The fourth-order valence-electron chi connectivity index (χ4n) is 1.74. The highest BCUT2D eigenvalue weighted by Gasteiger charge is 2.12. The van der Waals surface area contributed by atoms with E-state index in [1.165, 1.54) is 6.92 Å². The zero-order chi connectivity index (χ0) is 14.7. The van der Waals surface area contributed by atoms with E-state index < -0.39 is 0 Å². The Kier molecular flexibility index (Phi) is 4.57. The van der Waals surface area contributed by atoms with E-state index >= 15 is 0 Å². The molecule has 0 unspecified atom stereocenters. The van der Waals surface area contributed by atoms with Gasteiger partial charge in [-0.25, -0.2) is 0 Å². The molecular formula is C15H11BrClNO2. The molecule has 102 valence electrons. The van der Waals surface area contributed by atoms with E-state index in [1.54, 1.807) is 42.5 Å². The number of hydrogen-bond donors (Lipinski definition) is 1. The summed E-state index contributed by atoms with van der Waals surface area (Å²) in [7, 11) is 0. The van der Waals surface area contributed by atoms with Gasteiger partial charge >= 0.3 is 0 Å². The molecule has 20 heavy (non-hydrogen) atoms. The monoisotopic (exact) mass is 351 g/mol. The van der Waals surface area contributed by atoms with E-state index in [9.17, 15) is 9.59 Å². The Hall–Kier alpha value is -1.65. The summed E-state index contributed by atoms with van der Waals surface area (Å²) >= 11 is 9.19. The summed E-state index contributed by atoms with van der Waals surface area (Å²) in [4.78, 5) is 23.3. The summed E-state index contributed by atoms with van der Waals surface area (Å²) in [5.41, 5.74) is 1.74. The van der Waals surface area contributed by atoms with Gasteiger partial charge in [0.15, 0.2) is 5.78 Å². The van der Waals surface area contributed by atoms with Crippen LogP contribution in [0.1, 0.15) is 22.8 Å². The number of halogens is 2. The van der Waals surface area contributed by atoms with Crippen molar-refractivity contribution in [3.63, 3.8) is 0 Å². The number of amides is 1. The summed E-state index contributed by atoms with van der Waals surface area (Å²) in [5.74, 6) is -0.257. The summed E-state index contributed by atoms with van der Waals surface area (Å²) in [6, 6.07) is 11.8. The average molecular weight is 353 g/mol. The summed E-state index contributed by atoms with van der Waals surface area (Å²) < 4.78 is 0.654. The summed E-state index contributed by atoms with van der Waals surface area (Å²) in [5, 5.41) is 3.22. The number of anilines is 1. The van der Waals surface area contributed by atoms with E-state index in [1.807, 2.05) is 0 Å². The number of hydrogen-bond acceptors (Lipinski definition) is 2. The van der Waals surface area contributed by atoms with Gasteiger partial charge in [0, 0.05) is 33.2 Å². The van der Waals surface area contributed by atoms with Gasteiger partial charge in [0.25, 0.3) is 0 Å². The number of nitrogens with one attached hydrogen (secondary N) is 1. The maximum Gasteiger partial charge on any atom is 0.221 e. The van der Waals surface area contributed by atoms with Crippen LogP contribution in [0.2, 0.25) is 5.02 Å². The smallest absolute Gasteiger partial charge is 0.221 e. The number of rotatable bonds is 3. The SMILES string of the molecule is CC(=O)Nc1ccc(C(=O)c2ccc(Cl)cc2Br)cc1. The topological polar surface area (TPSA) is 46.2 Å². The quantitative estimate of drug-likeness (QED) is 0.838. The molecule has 0 heterocycles. The lowest BCUT2D eigenvalue weighted by atomic mass is 10.0. The first-order valence-electron chi connectivity index (χ1n) is 5.85. The van der Waals surface area contributed by atoms with Crippen LogP contribution in [0.4, 0.5) is 5.69 Å². The standard InChI is InChI=1S/C15H11BrClNO2/c1-9(19)18-12-5-2-10(3-6-12)15(20)13-7-4-11(17)8-14(13)16/h2-8H,1H3,(H,18,19). The summed E-state index contributed by atoms with van der Waals surface area (Å²) in [6.07, 6.45) is 0. The van der Waals surface area contributed by atoms with Gasteiger partial charge in [-0.15, -0.1) is 0 Å². The van der Waals surface area contributed by atoms with Gasteiger partial charge in [-0.1, -0.05) is 11.6 Å². The van der Waals surface area contributed by atoms with Gasteiger partial charge < -0.3 is 5.32 Å². The highest BCUT2D eigenvalue weighted by molar-refractivity contribution is 9.10. The molecule has 0 bridgehead atoms. The minimum absolute atomic E-state index is 0.108. The van der Waals surface area contributed by atoms with Crippen molar-refractivity contribution in [1.29, 1.82) is 0 Å². The van der Waals surface area contributed by atoms with E-state index in [4.69, 9.17) is 11.6 Å². The van der Waals surface area contributed by atoms with Crippen LogP contribution in [-0.4, -0.2) is 11.7 Å². The van der Waals surface area contributed by atoms with Crippen molar-refractivity contribution < 1.29 is 9.59 Å². The molecule has 5 heteroatoms. The van der Waals surface area contributed by atoms with Crippen molar-refractivity contribution in [3.8, 4) is 0 Å². The van der Waals surface area contributed by atoms with Crippen LogP contribution in [0.15, 0.2) is 46.9 Å². The van der Waals surface area contributed by atoms with Crippen LogP contribution in [0.25, 0.3) is 0 Å². The molecule has 0 fully saturated rings. The third kappa shape index (κ3) is 3.46. The molecule has 0 aliphatic carbocycles. The van der Waals surface area contributed by atoms with E-state index in [2.05, 4.69) is 21.2 Å². The van der Waals surface area contributed by atoms with Gasteiger partial charge in [-0.2, -0.15) is 0 Å². The van der Waals surface area contributed by atoms with Crippen LogP contribution >= 0.6 is 27.5 Å². The molecule has 2 rings (SSSR count). The highest BCUT2D eigenvalue weighted by Crippen LogP contribution is 2.24. The van der Waals surface area contributed by atoms with Crippen molar-refractivity contribution in [3.05, 3.63) is 63.1 Å². The normalized spacial score (nSPS) is 10.2. The second-order valence-corrected chi connectivity index (χ2v) is 5.50. The van der Waals surface area contributed by atoms with Crippen LogP contribution in [0, 0.1) is 0 Å². The Balaban J connectivity index is 2.27. The zero-order valence-corrected chi connectivity index (χ0v) is 13.0. The lowest BCUT2D eigenvalue weighted by molar-refractivity contribution is -0.114. The maximum absolute atomic E-state index is 12.4. The maximum atomic E-state index is 12.4. The fraction of sp³-hybridized carbons (Fsp3) is 0.0667. The van der Waals surface area contributed by atoms with E-state index in [0.717, 1.165) is 0 Å². The van der Waals surface area contributed by atoms with Crippen molar-refractivity contribution in [1.82, 2.24) is 0 Å². The van der Waals surface area contributed by atoms with E-state index in [-0.39, 0.29) is 11.7 Å². The van der Waals surface area contributed by atoms with E-state index in [0.29, 0.717) is 26.3 Å². The molecule has 0 radical (unpaired) electrons. The molecule has 0 spiro atoms. The molecule has 3 nitrogen and oxygen atoms in total. The molecule has 2 aromatic carbocycles. The molecule has 2 aromatic rings. The molecule has 0 saturated carbocycles. The fourth-order valence-corrected chi connectivity index (χ4v) is 2.60. The third-order valence-electron chi connectivity index (χ3n) is 2.64. The zero-order valence-electron chi connectivity index (χ0n) is 10.6. The number of carbonyl (C=O) groups excluding carboxylic acids is 2. The minimum Gasteiger partial charge on any atom is -0.326 e. The molecule has 0 aliphatic rings. The van der Waals surface area contributed by atoms with Crippen molar-refractivity contribution in [2.45, 2.75) is 6.92 Å². The first-order chi connectivity index (χ1) is 9.47. The summed E-state index contributed by atoms with van der Waals surface area (Å²) in [6.45, 7) is 1.43. The lowest BCUT2D eigenvalue weighted by Crippen LogP contribution is -2.06. The molecule has 1 N–H and O–H groups in total. The lowest BCUT2D eigenvalue weighted by Gasteiger charge is -2.06. The average Bonchev–Trinajstić information content (AvgIpc) is 2.38. The molecular weight excluding hydrogens is 342 g/mol. The Labute approximate surface area is 130 Å². The molecule has 0 aliphatic heterocycles. The Morgan fingerprint density at radius 2 is 1.75 bits per heavy atom. The van der Waals surface area contributed by atoms with Crippen molar-refractivity contribution in [2.24, 2.45) is 0 Å². The Bertz CT molecular complexity index is 668. The van der Waals surface area contributed by atoms with Crippen LogP contribution in [-0.2, 0) is 4.79 Å². The van der Waals surface area contributed by atoms with Crippen LogP contribution < -0.4 is 5.32 Å². The number of benzene rings is 2. The predicted molar refractivity (Wildman–Crippen MR) is 83.3 cm³/mol. The van der Waals surface area contributed by atoms with Gasteiger partial charge in [0.2, 0.25) is 5.91 Å². The van der Waals surface area contributed by atoms with Crippen molar-refractivity contribution in [2.75, 3.05) is 5.32 Å². The first kappa shape index (κ1) is 14.8. The molecule has 1 amide bonds. The predicted octanol–water partition coefficient (Wildman–Crippen LogP) is 4.29. The van der Waals surface area contributed by atoms with Gasteiger partial charge in [0.1, 0.15) is 0 Å². The number of ketones is 1. The Morgan fingerprint density at radius 3 is 2.30 bits per heavy atom. The van der Waals surface area contributed by atoms with Crippen molar-refractivity contribution >= 4 is 44.9 Å². The van der Waals surface area contributed by atoms with Crippen LogP contribution in [0.3, 0.4) is 0 Å². The second kappa shape index (κ2) is 6.20. The molecule has 0 aromatic heterocycles. The van der Waals surface area contributed by atoms with Gasteiger partial charge in [0.05, 0.1) is 0 Å². The van der Waals surface area contributed by atoms with Gasteiger partial charge in [-0.3, -0.25) is 9.59 Å². The molecule has 0 atom stereocenters. The van der Waals surface area contributed by atoms with Crippen LogP contribution in [0.5, 0.6) is 0 Å². The van der Waals surface area contributed by atoms with Gasteiger partial charge in [-0.05, 0) is 58.4 Å². The highest BCUT2D eigenvalue weighted by atomic mass is 79.9. The largest absolute Gasteiger partial charge is 0.326 e. The number of carbonyl (C=O) groups is 2. The second-order valence-electron chi connectivity index (χ2n) is 4.21. The minimum atomic E-state index is -0.149. The third-order valence-corrected chi connectivity index (χ3v) is 3.53. The first-order valence-corrected chi connectivity index (χ1v) is 7.02. The molecule has 0 saturated heterocycles.